The third-order valence-electron chi connectivity index (χ3n) is 2.87. The van der Waals surface area contributed by atoms with E-state index in [0.29, 0.717) is 5.41 Å². The van der Waals surface area contributed by atoms with Crippen LogP contribution < -0.4 is 11.1 Å². The summed E-state index contributed by atoms with van der Waals surface area (Å²) < 4.78 is 0. The second kappa shape index (κ2) is 3.55. The Hall–Kier alpha value is -0.0800. The first-order valence-corrected chi connectivity index (χ1v) is 4.55. The highest BCUT2D eigenvalue weighted by molar-refractivity contribution is 4.90. The largest absolute Gasteiger partial charge is 0.330 e. The number of hydrogen-bond donors (Lipinski definition) is 2. The summed E-state index contributed by atoms with van der Waals surface area (Å²) in [7, 11) is 2.02. The van der Waals surface area contributed by atoms with E-state index in [0.717, 1.165) is 19.0 Å². The summed E-state index contributed by atoms with van der Waals surface area (Å²) in [6.45, 7) is 4.40. The Kier molecular flexibility index (Phi) is 2.90. The van der Waals surface area contributed by atoms with Crippen molar-refractivity contribution >= 4 is 0 Å². The Labute approximate surface area is 69.5 Å². The number of nitrogens with two attached hydrogens (primary N) is 1. The molecule has 0 unspecified atom stereocenters. The van der Waals surface area contributed by atoms with Crippen molar-refractivity contribution in [3.05, 3.63) is 0 Å². The Morgan fingerprint density at radius 1 is 1.55 bits per heavy atom. The van der Waals surface area contributed by atoms with Gasteiger partial charge in [-0.05, 0) is 50.7 Å². The molecule has 0 aromatic carbocycles. The first-order chi connectivity index (χ1) is 5.20. The Morgan fingerprint density at radius 3 is 2.64 bits per heavy atom. The predicted molar refractivity (Wildman–Crippen MR) is 48.4 cm³/mol. The van der Waals surface area contributed by atoms with E-state index >= 15 is 0 Å². The summed E-state index contributed by atoms with van der Waals surface area (Å²) in [4.78, 5) is 0. The van der Waals surface area contributed by atoms with Crippen molar-refractivity contribution in [2.24, 2.45) is 17.1 Å². The lowest BCUT2D eigenvalue weighted by molar-refractivity contribution is 0.0716. The molecule has 1 saturated carbocycles. The fourth-order valence-electron chi connectivity index (χ4n) is 2.13. The van der Waals surface area contributed by atoms with Crippen LogP contribution in [0.25, 0.3) is 0 Å². The van der Waals surface area contributed by atoms with Crippen LogP contribution >= 0.6 is 0 Å². The molecule has 0 atom stereocenters. The van der Waals surface area contributed by atoms with Crippen LogP contribution in [0.3, 0.4) is 0 Å². The van der Waals surface area contributed by atoms with Crippen LogP contribution in [0.15, 0.2) is 0 Å². The molecule has 0 aliphatic heterocycles. The second-order valence-electron chi connectivity index (χ2n) is 4.17. The smallest absolute Gasteiger partial charge is 0.00467 e. The molecule has 3 N–H and O–H groups in total. The molecule has 0 bridgehead atoms. The Balaban J connectivity index is 2.15. The lowest BCUT2D eigenvalue weighted by Gasteiger charge is -2.45. The molecule has 0 radical (unpaired) electrons. The van der Waals surface area contributed by atoms with Crippen molar-refractivity contribution < 1.29 is 0 Å². The van der Waals surface area contributed by atoms with E-state index in [4.69, 9.17) is 5.73 Å². The topological polar surface area (TPSA) is 38.0 Å². The molecule has 11 heavy (non-hydrogen) atoms. The van der Waals surface area contributed by atoms with Crippen LogP contribution in [0, 0.1) is 11.3 Å². The van der Waals surface area contributed by atoms with Crippen LogP contribution in [0.4, 0.5) is 0 Å². The third-order valence-corrected chi connectivity index (χ3v) is 2.87. The maximum Gasteiger partial charge on any atom is -0.00467 e. The first kappa shape index (κ1) is 9.01. The van der Waals surface area contributed by atoms with Gasteiger partial charge in [-0.25, -0.2) is 0 Å². The van der Waals surface area contributed by atoms with Crippen molar-refractivity contribution in [3.63, 3.8) is 0 Å². The molecule has 1 fully saturated rings. The van der Waals surface area contributed by atoms with Gasteiger partial charge in [-0.1, -0.05) is 6.92 Å². The van der Waals surface area contributed by atoms with Crippen molar-refractivity contribution in [3.8, 4) is 0 Å². The zero-order valence-corrected chi connectivity index (χ0v) is 7.69. The van der Waals surface area contributed by atoms with Gasteiger partial charge in [-0.2, -0.15) is 0 Å². The lowest BCUT2D eigenvalue weighted by Crippen LogP contribution is -2.40. The summed E-state index contributed by atoms with van der Waals surface area (Å²) >= 11 is 0. The molecule has 1 aliphatic carbocycles. The molecule has 0 aromatic heterocycles. The van der Waals surface area contributed by atoms with E-state index in [1.807, 2.05) is 7.05 Å². The zero-order valence-electron chi connectivity index (χ0n) is 7.69. The summed E-state index contributed by atoms with van der Waals surface area (Å²) in [6.07, 6.45) is 3.98. The highest BCUT2D eigenvalue weighted by atomic mass is 14.8. The van der Waals surface area contributed by atoms with Crippen molar-refractivity contribution in [2.45, 2.75) is 26.2 Å². The summed E-state index contributed by atoms with van der Waals surface area (Å²) in [5, 5.41) is 3.19. The van der Waals surface area contributed by atoms with Gasteiger partial charge in [-0.3, -0.25) is 0 Å². The maximum absolute atomic E-state index is 5.57. The van der Waals surface area contributed by atoms with E-state index in [9.17, 15) is 0 Å². The van der Waals surface area contributed by atoms with Crippen molar-refractivity contribution in [1.29, 1.82) is 0 Å². The molecule has 0 heterocycles. The van der Waals surface area contributed by atoms with Gasteiger partial charge in [0.2, 0.25) is 0 Å². The minimum atomic E-state index is 0.604. The standard InChI is InChI=1S/C9H20N2/c1-9(3-4-11-2)5-8(6-9)7-10/h8,11H,3-7,10H2,1-2H3. The van der Waals surface area contributed by atoms with Gasteiger partial charge in [0.05, 0.1) is 0 Å². The van der Waals surface area contributed by atoms with Crippen LogP contribution in [-0.4, -0.2) is 20.1 Å². The molecular weight excluding hydrogens is 136 g/mol. The van der Waals surface area contributed by atoms with Crippen LogP contribution in [0.5, 0.6) is 0 Å². The van der Waals surface area contributed by atoms with E-state index in [1.165, 1.54) is 19.3 Å². The fraction of sp³-hybridized carbons (Fsp3) is 1.00. The molecule has 0 aromatic rings. The average molecular weight is 156 g/mol. The van der Waals surface area contributed by atoms with E-state index in [1.54, 1.807) is 0 Å². The molecule has 1 aliphatic rings. The first-order valence-electron chi connectivity index (χ1n) is 4.55. The second-order valence-corrected chi connectivity index (χ2v) is 4.17. The molecule has 0 saturated heterocycles. The SMILES string of the molecule is CNCCC1(C)CC(CN)C1. The highest BCUT2D eigenvalue weighted by Gasteiger charge is 2.38. The summed E-state index contributed by atoms with van der Waals surface area (Å²) in [6, 6.07) is 0. The highest BCUT2D eigenvalue weighted by Crippen LogP contribution is 2.46. The molecule has 2 heteroatoms. The third kappa shape index (κ3) is 2.17. The lowest BCUT2D eigenvalue weighted by atomic mass is 9.61. The average Bonchev–Trinajstić information content (AvgIpc) is 1.95. The molecule has 0 amide bonds. The minimum absolute atomic E-state index is 0.604. The molecular formula is C9H20N2. The van der Waals surface area contributed by atoms with E-state index in [2.05, 4.69) is 12.2 Å². The zero-order chi connectivity index (χ0) is 8.32. The number of nitrogens with one attached hydrogen (secondary N) is 1. The fourth-order valence-corrected chi connectivity index (χ4v) is 2.13. The quantitative estimate of drug-likeness (QED) is 0.636. The van der Waals surface area contributed by atoms with Gasteiger partial charge in [0.15, 0.2) is 0 Å². The van der Waals surface area contributed by atoms with Gasteiger partial charge in [0.25, 0.3) is 0 Å². The van der Waals surface area contributed by atoms with Gasteiger partial charge >= 0.3 is 0 Å². The Bertz CT molecular complexity index is 111. The predicted octanol–water partition coefficient (Wildman–Crippen LogP) is 0.971. The van der Waals surface area contributed by atoms with Crippen LogP contribution in [0.2, 0.25) is 0 Å². The molecule has 2 nitrogen and oxygen atoms in total. The van der Waals surface area contributed by atoms with Crippen molar-refractivity contribution in [1.82, 2.24) is 5.32 Å². The summed E-state index contributed by atoms with van der Waals surface area (Å²) in [5.41, 5.74) is 6.17. The molecule has 66 valence electrons. The van der Waals surface area contributed by atoms with E-state index in [-0.39, 0.29) is 0 Å². The number of rotatable bonds is 4. The van der Waals surface area contributed by atoms with E-state index < -0.39 is 0 Å². The number of hydrogen-bond acceptors (Lipinski definition) is 2. The summed E-state index contributed by atoms with van der Waals surface area (Å²) in [5.74, 6) is 0.817. The Morgan fingerprint density at radius 2 is 2.18 bits per heavy atom. The van der Waals surface area contributed by atoms with Gasteiger partial charge in [-0.15, -0.1) is 0 Å². The molecule has 0 spiro atoms. The molecule has 1 rings (SSSR count). The normalized spacial score (nSPS) is 36.8. The van der Waals surface area contributed by atoms with Gasteiger partial charge in [0.1, 0.15) is 0 Å². The van der Waals surface area contributed by atoms with Gasteiger partial charge < -0.3 is 11.1 Å². The monoisotopic (exact) mass is 156 g/mol. The van der Waals surface area contributed by atoms with Gasteiger partial charge in [0, 0.05) is 0 Å². The van der Waals surface area contributed by atoms with Crippen molar-refractivity contribution in [2.75, 3.05) is 20.1 Å². The maximum atomic E-state index is 5.57. The van der Waals surface area contributed by atoms with Crippen LogP contribution in [0.1, 0.15) is 26.2 Å². The minimum Gasteiger partial charge on any atom is -0.330 e. The van der Waals surface area contributed by atoms with Crippen LogP contribution in [-0.2, 0) is 0 Å².